The van der Waals surface area contributed by atoms with E-state index in [0.717, 1.165) is 16.0 Å². The normalized spacial score (nSPS) is 13.1. The van der Waals surface area contributed by atoms with Gasteiger partial charge in [0.15, 0.2) is 0 Å². The van der Waals surface area contributed by atoms with Crippen LogP contribution >= 0.6 is 0 Å². The van der Waals surface area contributed by atoms with Crippen LogP contribution in [0.3, 0.4) is 0 Å². The minimum absolute atomic E-state index is 0.473. The van der Waals surface area contributed by atoms with Gasteiger partial charge in [0.1, 0.15) is 24.2 Å². The molecule has 2 atom stereocenters. The smallest absolute Gasteiger partial charge is 0.408 e. The lowest BCUT2D eigenvalue weighted by atomic mass is 9.97. The molecule has 0 aliphatic rings. The number of nitriles is 1. The summed E-state index contributed by atoms with van der Waals surface area (Å²) < 4.78 is 5.21. The number of primary amides is 1. The van der Waals surface area contributed by atoms with Gasteiger partial charge in [0, 0.05) is 5.54 Å². The van der Waals surface area contributed by atoms with E-state index in [9.17, 15) is 24.4 Å². The maximum absolute atomic E-state index is 13.6. The molecule has 10 heteroatoms. The van der Waals surface area contributed by atoms with E-state index in [0.29, 0.717) is 5.56 Å². The number of rotatable bonds is 8. The Kier molecular flexibility index (Phi) is 9.83. The van der Waals surface area contributed by atoms with E-state index in [-0.39, 0.29) is 0 Å². The summed E-state index contributed by atoms with van der Waals surface area (Å²) >= 11 is 0. The number of alkyl carbamates (subject to hydrolysis) is 1. The first kappa shape index (κ1) is 29.4. The van der Waals surface area contributed by atoms with E-state index in [4.69, 9.17) is 10.5 Å². The van der Waals surface area contributed by atoms with Crippen LogP contribution in [0.25, 0.3) is 0 Å². The Morgan fingerprint density at radius 3 is 2.03 bits per heavy atom. The molecule has 1 aromatic rings. The molecule has 1 rings (SSSR count). The Balaban J connectivity index is 3.56. The van der Waals surface area contributed by atoms with Crippen molar-refractivity contribution in [1.82, 2.24) is 15.5 Å². The first-order chi connectivity index (χ1) is 15.9. The molecule has 192 valence electrons. The summed E-state index contributed by atoms with van der Waals surface area (Å²) in [5, 5.41) is 14.7. The van der Waals surface area contributed by atoms with Crippen molar-refractivity contribution in [2.24, 2.45) is 5.73 Å². The SMILES string of the molecule is Cc1cc(C)cc(C(C(=O)NC(C)(C)C)N(CC#N)C(=O)C(CC(N)=O)NC(=O)OC(C)(C)C)c1. The van der Waals surface area contributed by atoms with Gasteiger partial charge in [0.25, 0.3) is 0 Å². The van der Waals surface area contributed by atoms with Gasteiger partial charge >= 0.3 is 6.09 Å². The fourth-order valence-corrected chi connectivity index (χ4v) is 3.50. The van der Waals surface area contributed by atoms with Gasteiger partial charge in [-0.25, -0.2) is 4.79 Å². The molecular formula is C25H37N5O5. The van der Waals surface area contributed by atoms with Gasteiger partial charge in [-0.3, -0.25) is 14.4 Å². The van der Waals surface area contributed by atoms with E-state index in [1.807, 2.05) is 26.0 Å². The molecular weight excluding hydrogens is 450 g/mol. The summed E-state index contributed by atoms with van der Waals surface area (Å²) in [6.45, 7) is 13.5. The van der Waals surface area contributed by atoms with Crippen LogP contribution in [0, 0.1) is 25.2 Å². The molecule has 2 unspecified atom stereocenters. The topological polar surface area (TPSA) is 155 Å². The van der Waals surface area contributed by atoms with E-state index in [1.165, 1.54) is 0 Å². The number of carbonyl (C=O) groups excluding carboxylic acids is 4. The van der Waals surface area contributed by atoms with Crippen molar-refractivity contribution in [3.63, 3.8) is 0 Å². The minimum Gasteiger partial charge on any atom is -0.444 e. The Labute approximate surface area is 207 Å². The number of carbonyl (C=O) groups is 4. The zero-order chi connectivity index (χ0) is 27.1. The Morgan fingerprint density at radius 1 is 1.06 bits per heavy atom. The predicted octanol–water partition coefficient (Wildman–Crippen LogP) is 2.38. The molecule has 0 fully saturated rings. The van der Waals surface area contributed by atoms with Crippen molar-refractivity contribution in [1.29, 1.82) is 5.26 Å². The molecule has 4 amide bonds. The van der Waals surface area contributed by atoms with Crippen molar-refractivity contribution >= 4 is 23.8 Å². The molecule has 4 N–H and O–H groups in total. The number of hydrogen-bond donors (Lipinski definition) is 3. The van der Waals surface area contributed by atoms with Crippen LogP contribution in [0.1, 0.15) is 70.7 Å². The standard InChI is InChI=1S/C25H37N5O5/c1-15-11-16(2)13-17(12-15)20(21(32)29-24(3,4)5)30(10-9-26)22(33)18(14-19(27)31)28-23(34)35-25(6,7)8/h11-13,18,20H,10,14H2,1-8H3,(H2,27,31)(H,28,34)(H,29,32). The highest BCUT2D eigenvalue weighted by Gasteiger charge is 2.38. The number of benzene rings is 1. The van der Waals surface area contributed by atoms with Crippen molar-refractivity contribution in [2.45, 2.75) is 85.0 Å². The highest BCUT2D eigenvalue weighted by Crippen LogP contribution is 2.26. The average Bonchev–Trinajstić information content (AvgIpc) is 2.62. The highest BCUT2D eigenvalue weighted by molar-refractivity contribution is 5.94. The zero-order valence-corrected chi connectivity index (χ0v) is 21.8. The van der Waals surface area contributed by atoms with Gasteiger partial charge in [-0.05, 0) is 61.0 Å². The third-order valence-electron chi connectivity index (χ3n) is 4.54. The first-order valence-corrected chi connectivity index (χ1v) is 11.3. The van der Waals surface area contributed by atoms with Crippen LogP contribution in [-0.4, -0.2) is 52.4 Å². The maximum Gasteiger partial charge on any atom is 0.408 e. The molecule has 10 nitrogen and oxygen atoms in total. The van der Waals surface area contributed by atoms with Crippen molar-refractivity contribution in [3.8, 4) is 6.07 Å². The fourth-order valence-electron chi connectivity index (χ4n) is 3.50. The van der Waals surface area contributed by atoms with Crippen LogP contribution in [0.5, 0.6) is 0 Å². The minimum atomic E-state index is -1.44. The number of aryl methyl sites for hydroxylation is 2. The lowest BCUT2D eigenvalue weighted by Gasteiger charge is -2.34. The molecule has 0 aromatic heterocycles. The third kappa shape index (κ3) is 10.0. The second kappa shape index (κ2) is 11.7. The number of hydrogen-bond acceptors (Lipinski definition) is 6. The summed E-state index contributed by atoms with van der Waals surface area (Å²) in [5.41, 5.74) is 6.06. The molecule has 0 aliphatic heterocycles. The summed E-state index contributed by atoms with van der Waals surface area (Å²) in [6, 6.07) is 4.69. The Bertz CT molecular complexity index is 981. The van der Waals surface area contributed by atoms with Crippen LogP contribution in [0.2, 0.25) is 0 Å². The van der Waals surface area contributed by atoms with E-state index >= 15 is 0 Å². The van der Waals surface area contributed by atoms with Gasteiger partial charge in [0.2, 0.25) is 17.7 Å². The molecule has 0 heterocycles. The molecule has 0 aliphatic carbocycles. The molecule has 0 spiro atoms. The summed E-state index contributed by atoms with van der Waals surface area (Å²) in [4.78, 5) is 52.2. The highest BCUT2D eigenvalue weighted by atomic mass is 16.6. The molecule has 1 aromatic carbocycles. The number of nitrogens with one attached hydrogen (secondary N) is 2. The quantitative estimate of drug-likeness (QED) is 0.478. The molecule has 0 bridgehead atoms. The largest absolute Gasteiger partial charge is 0.444 e. The Morgan fingerprint density at radius 2 is 1.60 bits per heavy atom. The second-order valence-corrected chi connectivity index (χ2v) is 10.6. The molecule has 0 saturated carbocycles. The van der Waals surface area contributed by atoms with Crippen molar-refractivity contribution in [2.75, 3.05) is 6.54 Å². The van der Waals surface area contributed by atoms with Crippen molar-refractivity contribution < 1.29 is 23.9 Å². The molecule has 0 radical (unpaired) electrons. The Hall–Kier alpha value is -3.61. The van der Waals surface area contributed by atoms with Crippen LogP contribution in [0.15, 0.2) is 18.2 Å². The first-order valence-electron chi connectivity index (χ1n) is 11.3. The molecule has 0 saturated heterocycles. The molecule has 35 heavy (non-hydrogen) atoms. The van der Waals surface area contributed by atoms with Gasteiger partial charge < -0.3 is 26.0 Å². The van der Waals surface area contributed by atoms with Gasteiger partial charge in [-0.2, -0.15) is 5.26 Å². The number of amides is 4. The summed E-state index contributed by atoms with van der Waals surface area (Å²) in [7, 11) is 0. The van der Waals surface area contributed by atoms with E-state index in [2.05, 4.69) is 10.6 Å². The number of nitrogens with two attached hydrogens (primary N) is 1. The fraction of sp³-hybridized carbons (Fsp3) is 0.560. The van der Waals surface area contributed by atoms with Gasteiger partial charge in [-0.1, -0.05) is 29.3 Å². The summed E-state index contributed by atoms with van der Waals surface area (Å²) in [5.74, 6) is -2.18. The average molecular weight is 488 g/mol. The monoisotopic (exact) mass is 487 g/mol. The van der Waals surface area contributed by atoms with Crippen LogP contribution < -0.4 is 16.4 Å². The predicted molar refractivity (Wildman–Crippen MR) is 131 cm³/mol. The lowest BCUT2D eigenvalue weighted by Crippen LogP contribution is -2.55. The maximum atomic E-state index is 13.6. The van der Waals surface area contributed by atoms with Gasteiger partial charge in [-0.15, -0.1) is 0 Å². The van der Waals surface area contributed by atoms with E-state index in [1.54, 1.807) is 53.7 Å². The lowest BCUT2D eigenvalue weighted by molar-refractivity contribution is -0.143. The van der Waals surface area contributed by atoms with Gasteiger partial charge in [0.05, 0.1) is 12.5 Å². The zero-order valence-electron chi connectivity index (χ0n) is 21.8. The van der Waals surface area contributed by atoms with E-state index < -0.39 is 60.0 Å². The number of ether oxygens (including phenoxy) is 1. The van der Waals surface area contributed by atoms with Crippen LogP contribution in [0.4, 0.5) is 4.79 Å². The second-order valence-electron chi connectivity index (χ2n) is 10.6. The number of nitrogens with zero attached hydrogens (tertiary/aromatic N) is 2. The third-order valence-corrected chi connectivity index (χ3v) is 4.54. The van der Waals surface area contributed by atoms with Crippen molar-refractivity contribution in [3.05, 3.63) is 34.9 Å². The van der Waals surface area contributed by atoms with Crippen LogP contribution in [-0.2, 0) is 19.1 Å². The summed E-state index contributed by atoms with van der Waals surface area (Å²) in [6.07, 6.45) is -1.48.